The van der Waals surface area contributed by atoms with E-state index in [-0.39, 0.29) is 5.54 Å². The van der Waals surface area contributed by atoms with E-state index in [2.05, 4.69) is 59.8 Å². The van der Waals surface area contributed by atoms with Crippen molar-refractivity contribution in [1.29, 1.82) is 0 Å². The highest BCUT2D eigenvalue weighted by atomic mass is 79.9. The molecule has 0 aromatic heterocycles. The molecule has 20 heavy (non-hydrogen) atoms. The van der Waals surface area contributed by atoms with Crippen LogP contribution in [0.15, 0.2) is 22.7 Å². The second kappa shape index (κ2) is 6.59. The second-order valence-corrected chi connectivity index (χ2v) is 7.37. The van der Waals surface area contributed by atoms with Crippen LogP contribution >= 0.6 is 15.9 Å². The van der Waals surface area contributed by atoms with Gasteiger partial charge in [-0.25, -0.2) is 0 Å². The van der Waals surface area contributed by atoms with Gasteiger partial charge in [-0.1, -0.05) is 42.8 Å². The van der Waals surface area contributed by atoms with Crippen LogP contribution in [-0.4, -0.2) is 30.1 Å². The molecule has 0 saturated carbocycles. The van der Waals surface area contributed by atoms with Crippen molar-refractivity contribution in [1.82, 2.24) is 4.90 Å². The number of nitrogens with zero attached hydrogens (tertiary/aromatic N) is 1. The van der Waals surface area contributed by atoms with E-state index in [0.29, 0.717) is 5.92 Å². The van der Waals surface area contributed by atoms with Gasteiger partial charge in [-0.05, 0) is 55.0 Å². The van der Waals surface area contributed by atoms with Gasteiger partial charge in [-0.2, -0.15) is 0 Å². The first-order valence-electron chi connectivity index (χ1n) is 7.73. The summed E-state index contributed by atoms with van der Waals surface area (Å²) >= 11 is 3.58. The summed E-state index contributed by atoms with van der Waals surface area (Å²) in [6.07, 6.45) is 3.40. The van der Waals surface area contributed by atoms with Gasteiger partial charge in [0.1, 0.15) is 0 Å². The van der Waals surface area contributed by atoms with E-state index in [1.54, 1.807) is 0 Å². The van der Waals surface area contributed by atoms with Crippen LogP contribution in [0.3, 0.4) is 0 Å². The van der Waals surface area contributed by atoms with Crippen LogP contribution in [-0.2, 0) is 12.8 Å². The molecule has 0 spiro atoms. The van der Waals surface area contributed by atoms with Crippen molar-refractivity contribution in [2.24, 2.45) is 11.7 Å². The summed E-state index contributed by atoms with van der Waals surface area (Å²) in [7, 11) is 0. The van der Waals surface area contributed by atoms with E-state index in [0.717, 1.165) is 32.5 Å². The standard InChI is InChI=1S/C17H27BrN2/c1-4-20(11-13(2)3)17(12-19)8-7-14-9-16(18)6-5-15(14)10-17/h5-6,9,13H,4,7-8,10-12,19H2,1-3H3. The molecule has 0 radical (unpaired) electrons. The first kappa shape index (κ1) is 16.0. The maximum atomic E-state index is 6.23. The monoisotopic (exact) mass is 338 g/mol. The van der Waals surface area contributed by atoms with Crippen molar-refractivity contribution in [3.05, 3.63) is 33.8 Å². The fourth-order valence-corrected chi connectivity index (χ4v) is 3.89. The third kappa shape index (κ3) is 3.26. The zero-order chi connectivity index (χ0) is 14.8. The van der Waals surface area contributed by atoms with E-state index < -0.39 is 0 Å². The Bertz CT molecular complexity index is 458. The molecular formula is C17H27BrN2. The molecule has 0 fully saturated rings. The number of likely N-dealkylation sites (N-methyl/N-ethyl adjacent to an activating group) is 1. The maximum Gasteiger partial charge on any atom is 0.0375 e. The number of benzene rings is 1. The molecule has 0 amide bonds. The number of fused-ring (bicyclic) bond motifs is 1. The van der Waals surface area contributed by atoms with E-state index in [1.807, 2.05) is 0 Å². The number of hydrogen-bond acceptors (Lipinski definition) is 2. The molecular weight excluding hydrogens is 312 g/mol. The van der Waals surface area contributed by atoms with Crippen LogP contribution in [0.1, 0.15) is 38.3 Å². The molecule has 1 aliphatic rings. The molecule has 1 aromatic rings. The number of halogens is 1. The number of rotatable bonds is 5. The zero-order valence-corrected chi connectivity index (χ0v) is 14.5. The van der Waals surface area contributed by atoms with Crippen molar-refractivity contribution in [2.45, 2.75) is 45.6 Å². The van der Waals surface area contributed by atoms with Gasteiger partial charge < -0.3 is 5.73 Å². The molecule has 1 aliphatic carbocycles. The Morgan fingerprint density at radius 2 is 2.10 bits per heavy atom. The molecule has 2 N–H and O–H groups in total. The van der Waals surface area contributed by atoms with E-state index in [9.17, 15) is 0 Å². The normalized spacial score (nSPS) is 22.4. The van der Waals surface area contributed by atoms with Crippen molar-refractivity contribution >= 4 is 15.9 Å². The Labute approximate surface area is 131 Å². The van der Waals surface area contributed by atoms with Gasteiger partial charge in [-0.3, -0.25) is 4.90 Å². The van der Waals surface area contributed by atoms with Crippen molar-refractivity contribution in [3.8, 4) is 0 Å². The Morgan fingerprint density at radius 3 is 2.70 bits per heavy atom. The molecule has 1 unspecified atom stereocenters. The van der Waals surface area contributed by atoms with E-state index in [4.69, 9.17) is 5.73 Å². The lowest BCUT2D eigenvalue weighted by Crippen LogP contribution is -2.58. The first-order chi connectivity index (χ1) is 9.50. The lowest BCUT2D eigenvalue weighted by molar-refractivity contribution is 0.0726. The quantitative estimate of drug-likeness (QED) is 0.888. The number of aryl methyl sites for hydroxylation is 1. The summed E-state index contributed by atoms with van der Waals surface area (Å²) in [5, 5.41) is 0. The fraction of sp³-hybridized carbons (Fsp3) is 0.647. The smallest absolute Gasteiger partial charge is 0.0375 e. The Hall–Kier alpha value is -0.380. The van der Waals surface area contributed by atoms with Crippen LogP contribution in [0.5, 0.6) is 0 Å². The van der Waals surface area contributed by atoms with Gasteiger partial charge >= 0.3 is 0 Å². The number of nitrogens with two attached hydrogens (primary N) is 1. The first-order valence-corrected chi connectivity index (χ1v) is 8.52. The Morgan fingerprint density at radius 1 is 1.35 bits per heavy atom. The minimum absolute atomic E-state index is 0.153. The Kier molecular flexibility index (Phi) is 5.27. The van der Waals surface area contributed by atoms with Crippen LogP contribution in [0, 0.1) is 5.92 Å². The SMILES string of the molecule is CCN(CC(C)C)C1(CN)CCc2cc(Br)ccc2C1. The largest absolute Gasteiger partial charge is 0.329 e. The minimum atomic E-state index is 0.153. The third-order valence-electron chi connectivity index (χ3n) is 4.57. The molecule has 0 heterocycles. The average molecular weight is 339 g/mol. The predicted molar refractivity (Wildman–Crippen MR) is 90.0 cm³/mol. The minimum Gasteiger partial charge on any atom is -0.329 e. The van der Waals surface area contributed by atoms with Crippen molar-refractivity contribution < 1.29 is 0 Å². The van der Waals surface area contributed by atoms with Crippen molar-refractivity contribution in [3.63, 3.8) is 0 Å². The van der Waals surface area contributed by atoms with Crippen LogP contribution in [0.25, 0.3) is 0 Å². The lowest BCUT2D eigenvalue weighted by atomic mass is 9.76. The molecule has 1 atom stereocenters. The second-order valence-electron chi connectivity index (χ2n) is 6.45. The van der Waals surface area contributed by atoms with E-state index >= 15 is 0 Å². The topological polar surface area (TPSA) is 29.3 Å². The maximum absolute atomic E-state index is 6.23. The van der Waals surface area contributed by atoms with Crippen LogP contribution in [0.2, 0.25) is 0 Å². The van der Waals surface area contributed by atoms with Gasteiger partial charge in [0, 0.05) is 23.1 Å². The lowest BCUT2D eigenvalue weighted by Gasteiger charge is -2.47. The van der Waals surface area contributed by atoms with Gasteiger partial charge in [0.05, 0.1) is 0 Å². The molecule has 2 nitrogen and oxygen atoms in total. The summed E-state index contributed by atoms with van der Waals surface area (Å²) in [5.74, 6) is 0.685. The molecule has 0 bridgehead atoms. The average Bonchev–Trinajstić information content (AvgIpc) is 2.44. The summed E-state index contributed by atoms with van der Waals surface area (Å²) in [5.41, 5.74) is 9.35. The predicted octanol–water partition coefficient (Wildman–Crippen LogP) is 3.61. The van der Waals surface area contributed by atoms with E-state index in [1.165, 1.54) is 22.0 Å². The molecule has 2 rings (SSSR count). The van der Waals surface area contributed by atoms with Crippen LogP contribution < -0.4 is 5.73 Å². The highest BCUT2D eigenvalue weighted by Crippen LogP contribution is 2.34. The fourth-order valence-electron chi connectivity index (χ4n) is 3.48. The summed E-state index contributed by atoms with van der Waals surface area (Å²) in [4.78, 5) is 2.61. The molecule has 1 aromatic carbocycles. The van der Waals surface area contributed by atoms with Crippen LogP contribution in [0.4, 0.5) is 0 Å². The molecule has 3 heteroatoms. The zero-order valence-electron chi connectivity index (χ0n) is 13.0. The van der Waals surface area contributed by atoms with Gasteiger partial charge in [-0.15, -0.1) is 0 Å². The Balaban J connectivity index is 2.27. The summed E-state index contributed by atoms with van der Waals surface area (Å²) in [6, 6.07) is 6.70. The van der Waals surface area contributed by atoms with Gasteiger partial charge in [0.25, 0.3) is 0 Å². The summed E-state index contributed by atoms with van der Waals surface area (Å²) < 4.78 is 1.19. The molecule has 0 aliphatic heterocycles. The van der Waals surface area contributed by atoms with Gasteiger partial charge in [0.15, 0.2) is 0 Å². The molecule has 0 saturated heterocycles. The third-order valence-corrected chi connectivity index (χ3v) is 5.06. The molecule has 112 valence electrons. The highest BCUT2D eigenvalue weighted by molar-refractivity contribution is 9.10. The van der Waals surface area contributed by atoms with Crippen molar-refractivity contribution in [2.75, 3.05) is 19.6 Å². The highest BCUT2D eigenvalue weighted by Gasteiger charge is 2.38. The van der Waals surface area contributed by atoms with Gasteiger partial charge in [0.2, 0.25) is 0 Å². The summed E-state index contributed by atoms with van der Waals surface area (Å²) in [6.45, 7) is 9.82. The number of hydrogen-bond donors (Lipinski definition) is 1.